The highest BCUT2D eigenvalue weighted by Gasteiger charge is 2.28. The Labute approximate surface area is 123 Å². The summed E-state index contributed by atoms with van der Waals surface area (Å²) < 4.78 is 5.20. The predicted molar refractivity (Wildman–Crippen MR) is 77.7 cm³/mol. The van der Waals surface area contributed by atoms with Gasteiger partial charge >= 0.3 is 0 Å². The highest BCUT2D eigenvalue weighted by molar-refractivity contribution is 5.92. The zero-order chi connectivity index (χ0) is 14.7. The van der Waals surface area contributed by atoms with Gasteiger partial charge in [0.25, 0.3) is 5.91 Å². The molecule has 110 valence electrons. The normalized spacial score (nSPS) is 18.1. The average Bonchev–Trinajstić information content (AvgIpc) is 3.17. The van der Waals surface area contributed by atoms with Gasteiger partial charge in [-0.25, -0.2) is 0 Å². The monoisotopic (exact) mass is 286 g/mol. The zero-order valence-corrected chi connectivity index (χ0v) is 11.7. The molecule has 5 heteroatoms. The fourth-order valence-corrected chi connectivity index (χ4v) is 2.71. The molecule has 1 atom stereocenters. The van der Waals surface area contributed by atoms with Crippen LogP contribution < -0.4 is 0 Å². The molecule has 21 heavy (non-hydrogen) atoms. The van der Waals surface area contributed by atoms with Crippen molar-refractivity contribution in [2.45, 2.75) is 12.8 Å². The molecule has 1 amide bonds. The van der Waals surface area contributed by atoms with Crippen LogP contribution in [0, 0.1) is 5.92 Å². The topological polar surface area (TPSA) is 66.6 Å². The maximum Gasteiger partial charge on any atom is 0.292 e. The number of rotatable bonds is 4. The van der Waals surface area contributed by atoms with Crippen LogP contribution in [-0.2, 0) is 0 Å². The van der Waals surface area contributed by atoms with Crippen LogP contribution in [-0.4, -0.2) is 40.8 Å². The van der Waals surface area contributed by atoms with Gasteiger partial charge in [0.15, 0.2) is 0 Å². The summed E-state index contributed by atoms with van der Waals surface area (Å²) in [6.45, 7) is 1.57. The van der Waals surface area contributed by atoms with Gasteiger partial charge in [0.05, 0.1) is 0 Å². The molecule has 1 saturated heterocycles. The van der Waals surface area contributed by atoms with Crippen LogP contribution in [0.25, 0.3) is 11.3 Å². The molecule has 0 aliphatic carbocycles. The summed E-state index contributed by atoms with van der Waals surface area (Å²) in [5, 5.41) is 12.9. The van der Waals surface area contributed by atoms with E-state index in [-0.39, 0.29) is 18.3 Å². The highest BCUT2D eigenvalue weighted by Crippen LogP contribution is 2.23. The van der Waals surface area contributed by atoms with E-state index in [0.717, 1.165) is 18.4 Å². The second-order valence-electron chi connectivity index (χ2n) is 5.36. The fourth-order valence-electron chi connectivity index (χ4n) is 2.71. The van der Waals surface area contributed by atoms with Gasteiger partial charge in [0.2, 0.25) is 5.76 Å². The average molecular weight is 286 g/mol. The Bertz CT molecular complexity index is 609. The lowest BCUT2D eigenvalue weighted by atomic mass is 10.1. The molecular formula is C16H18N2O3. The number of aliphatic hydroxyl groups is 1. The SMILES string of the molecule is O=C(c1cc(-c2ccccc2)no1)N1CCC(CCO)C1. The van der Waals surface area contributed by atoms with Crippen molar-refractivity contribution in [1.29, 1.82) is 0 Å². The van der Waals surface area contributed by atoms with Crippen LogP contribution in [0.1, 0.15) is 23.4 Å². The van der Waals surface area contributed by atoms with E-state index in [1.807, 2.05) is 30.3 Å². The molecule has 0 bridgehead atoms. The molecule has 2 aromatic rings. The van der Waals surface area contributed by atoms with E-state index in [2.05, 4.69) is 5.16 Å². The minimum Gasteiger partial charge on any atom is -0.396 e. The minimum absolute atomic E-state index is 0.120. The quantitative estimate of drug-likeness (QED) is 0.935. The van der Waals surface area contributed by atoms with Gasteiger partial charge < -0.3 is 14.5 Å². The molecule has 0 saturated carbocycles. The van der Waals surface area contributed by atoms with Crippen molar-refractivity contribution in [2.75, 3.05) is 19.7 Å². The number of amides is 1. The molecule has 2 heterocycles. The molecule has 1 N–H and O–H groups in total. The van der Waals surface area contributed by atoms with E-state index >= 15 is 0 Å². The summed E-state index contributed by atoms with van der Waals surface area (Å²) in [5.41, 5.74) is 1.60. The third kappa shape index (κ3) is 2.97. The van der Waals surface area contributed by atoms with Crippen molar-refractivity contribution in [3.63, 3.8) is 0 Å². The van der Waals surface area contributed by atoms with Crippen LogP contribution in [0.4, 0.5) is 0 Å². The maximum atomic E-state index is 12.4. The molecule has 1 aromatic carbocycles. The first kappa shape index (κ1) is 13.8. The number of likely N-dealkylation sites (tertiary alicyclic amines) is 1. The first-order valence-electron chi connectivity index (χ1n) is 7.20. The van der Waals surface area contributed by atoms with Crippen molar-refractivity contribution in [3.8, 4) is 11.3 Å². The van der Waals surface area contributed by atoms with Crippen LogP contribution in [0.2, 0.25) is 0 Å². The molecule has 3 rings (SSSR count). The van der Waals surface area contributed by atoms with Gasteiger partial charge in [-0.1, -0.05) is 35.5 Å². The first-order valence-corrected chi connectivity index (χ1v) is 7.20. The molecule has 1 aromatic heterocycles. The maximum absolute atomic E-state index is 12.4. The Balaban J connectivity index is 1.70. The standard InChI is InChI=1S/C16H18N2O3/c19-9-7-12-6-8-18(11-12)16(20)15-10-14(17-21-15)13-4-2-1-3-5-13/h1-5,10,12,19H,6-9,11H2. The van der Waals surface area contributed by atoms with Crippen molar-refractivity contribution in [2.24, 2.45) is 5.92 Å². The third-order valence-corrected chi connectivity index (χ3v) is 3.90. The van der Waals surface area contributed by atoms with E-state index in [9.17, 15) is 4.79 Å². The van der Waals surface area contributed by atoms with E-state index in [1.165, 1.54) is 0 Å². The second kappa shape index (κ2) is 6.10. The lowest BCUT2D eigenvalue weighted by Gasteiger charge is -2.13. The van der Waals surface area contributed by atoms with Gasteiger partial charge in [-0.15, -0.1) is 0 Å². The van der Waals surface area contributed by atoms with Gasteiger partial charge in [-0.2, -0.15) is 0 Å². The largest absolute Gasteiger partial charge is 0.396 e. The number of carbonyl (C=O) groups is 1. The lowest BCUT2D eigenvalue weighted by molar-refractivity contribution is 0.0743. The molecule has 1 fully saturated rings. The molecule has 5 nitrogen and oxygen atoms in total. The van der Waals surface area contributed by atoms with E-state index in [1.54, 1.807) is 11.0 Å². The van der Waals surface area contributed by atoms with Gasteiger partial charge in [-0.3, -0.25) is 4.79 Å². The highest BCUT2D eigenvalue weighted by atomic mass is 16.5. The summed E-state index contributed by atoms with van der Waals surface area (Å²) >= 11 is 0. The Hall–Kier alpha value is -2.14. The van der Waals surface area contributed by atoms with Gasteiger partial charge in [0.1, 0.15) is 5.69 Å². The number of hydrogen-bond donors (Lipinski definition) is 1. The van der Waals surface area contributed by atoms with Crippen molar-refractivity contribution < 1.29 is 14.4 Å². The molecule has 1 unspecified atom stereocenters. The number of aromatic nitrogens is 1. The summed E-state index contributed by atoms with van der Waals surface area (Å²) in [6, 6.07) is 11.3. The summed E-state index contributed by atoms with van der Waals surface area (Å²) in [4.78, 5) is 14.1. The van der Waals surface area contributed by atoms with Gasteiger partial charge in [0, 0.05) is 31.3 Å². The van der Waals surface area contributed by atoms with Crippen LogP contribution in [0.5, 0.6) is 0 Å². The fraction of sp³-hybridized carbons (Fsp3) is 0.375. The summed E-state index contributed by atoms with van der Waals surface area (Å²) in [5.74, 6) is 0.541. The Kier molecular flexibility index (Phi) is 4.01. The Morgan fingerprint density at radius 3 is 2.95 bits per heavy atom. The zero-order valence-electron chi connectivity index (χ0n) is 11.7. The molecule has 1 aliphatic heterocycles. The van der Waals surface area contributed by atoms with Gasteiger partial charge in [-0.05, 0) is 18.8 Å². The molecule has 0 radical (unpaired) electrons. The van der Waals surface area contributed by atoms with Crippen molar-refractivity contribution in [3.05, 3.63) is 42.2 Å². The van der Waals surface area contributed by atoms with E-state index in [4.69, 9.17) is 9.63 Å². The van der Waals surface area contributed by atoms with Crippen LogP contribution >= 0.6 is 0 Å². The second-order valence-corrected chi connectivity index (χ2v) is 5.36. The van der Waals surface area contributed by atoms with Crippen molar-refractivity contribution in [1.82, 2.24) is 10.1 Å². The van der Waals surface area contributed by atoms with Crippen LogP contribution in [0.3, 0.4) is 0 Å². The predicted octanol–water partition coefficient (Wildman–Crippen LogP) is 2.19. The molecule has 0 spiro atoms. The number of nitrogens with zero attached hydrogens (tertiary/aromatic N) is 2. The Morgan fingerprint density at radius 2 is 2.19 bits per heavy atom. The first-order chi connectivity index (χ1) is 10.3. The number of benzene rings is 1. The smallest absolute Gasteiger partial charge is 0.292 e. The summed E-state index contributed by atoms with van der Waals surface area (Å²) in [6.07, 6.45) is 1.68. The molecule has 1 aliphatic rings. The molecular weight excluding hydrogens is 268 g/mol. The minimum atomic E-state index is -0.120. The van der Waals surface area contributed by atoms with Crippen LogP contribution in [0.15, 0.2) is 40.9 Å². The Morgan fingerprint density at radius 1 is 1.38 bits per heavy atom. The lowest BCUT2D eigenvalue weighted by Crippen LogP contribution is -2.28. The number of carbonyl (C=O) groups excluding carboxylic acids is 1. The van der Waals surface area contributed by atoms with Crippen molar-refractivity contribution >= 4 is 5.91 Å². The number of hydrogen-bond acceptors (Lipinski definition) is 4. The number of aliphatic hydroxyl groups excluding tert-OH is 1. The van der Waals surface area contributed by atoms with E-state index in [0.29, 0.717) is 24.7 Å². The third-order valence-electron chi connectivity index (χ3n) is 3.90. The summed E-state index contributed by atoms with van der Waals surface area (Å²) in [7, 11) is 0. The van der Waals surface area contributed by atoms with E-state index < -0.39 is 0 Å².